The predicted octanol–water partition coefficient (Wildman–Crippen LogP) is 5.23. The van der Waals surface area contributed by atoms with Crippen molar-refractivity contribution >= 4 is 0 Å². The molecular weight excluding hydrogens is 435 g/mol. The standard InChI is InChI=1S/C25H36NO2.Y/c1-2-3-5-9-23-12-14-25(15-13-23)28-19-8-16-26(17-20-27-21-18-26)22-24-10-6-4-7-11-24;/h4,6-7,10-15H,2-3,5,8-9,16-22H2,1H3;/q+1;. The largest absolute Gasteiger partial charge is 0.493 e. The van der Waals surface area contributed by atoms with Crippen molar-refractivity contribution in [1.29, 1.82) is 0 Å². The molecule has 0 bridgehead atoms. The van der Waals surface area contributed by atoms with E-state index in [1.165, 1.54) is 36.8 Å². The van der Waals surface area contributed by atoms with Gasteiger partial charge in [-0.3, -0.25) is 0 Å². The zero-order valence-electron chi connectivity index (χ0n) is 18.0. The Morgan fingerprint density at radius 2 is 1.59 bits per heavy atom. The Balaban J connectivity index is 0.00000300. The number of ether oxygens (including phenoxy) is 2. The van der Waals surface area contributed by atoms with E-state index in [9.17, 15) is 0 Å². The van der Waals surface area contributed by atoms with Gasteiger partial charge in [0.15, 0.2) is 0 Å². The fourth-order valence-corrected chi connectivity index (χ4v) is 4.08. The zero-order valence-corrected chi connectivity index (χ0v) is 20.9. The average Bonchev–Trinajstić information content (AvgIpc) is 2.74. The molecule has 2 aromatic carbocycles. The molecule has 1 fully saturated rings. The number of nitrogens with zero attached hydrogens (tertiary/aromatic N) is 1. The van der Waals surface area contributed by atoms with E-state index >= 15 is 0 Å². The third-order valence-electron chi connectivity index (χ3n) is 5.82. The van der Waals surface area contributed by atoms with E-state index in [0.29, 0.717) is 0 Å². The SMILES string of the molecule is CCCCCc1ccc(OCCC[N+]2(Cc3ccccc3)CCOCC2)cc1.[Y]. The third kappa shape index (κ3) is 8.49. The second kappa shape index (κ2) is 13.5. The maximum atomic E-state index is 6.03. The van der Waals surface area contributed by atoms with Crippen molar-refractivity contribution < 1.29 is 46.7 Å². The van der Waals surface area contributed by atoms with Crippen LogP contribution in [0.4, 0.5) is 0 Å². The molecule has 0 spiro atoms. The summed E-state index contributed by atoms with van der Waals surface area (Å²) in [6.45, 7) is 9.21. The monoisotopic (exact) mass is 471 g/mol. The number of hydrogen-bond acceptors (Lipinski definition) is 2. The van der Waals surface area contributed by atoms with Crippen molar-refractivity contribution in [2.24, 2.45) is 0 Å². The molecule has 0 amide bonds. The number of morpholine rings is 1. The second-order valence-corrected chi connectivity index (χ2v) is 8.07. The van der Waals surface area contributed by atoms with Gasteiger partial charge in [-0.2, -0.15) is 0 Å². The van der Waals surface area contributed by atoms with E-state index in [1.807, 2.05) is 0 Å². The van der Waals surface area contributed by atoms with Crippen LogP contribution in [0, 0.1) is 0 Å². The molecule has 0 saturated carbocycles. The Morgan fingerprint density at radius 1 is 0.862 bits per heavy atom. The maximum absolute atomic E-state index is 6.03. The molecule has 0 N–H and O–H groups in total. The van der Waals surface area contributed by atoms with Crippen LogP contribution in [0.25, 0.3) is 0 Å². The Morgan fingerprint density at radius 3 is 2.28 bits per heavy atom. The fourth-order valence-electron chi connectivity index (χ4n) is 4.08. The number of unbranched alkanes of at least 4 members (excludes halogenated alkanes) is 2. The van der Waals surface area contributed by atoms with Crippen molar-refractivity contribution in [2.75, 3.05) is 39.5 Å². The molecule has 4 heteroatoms. The van der Waals surface area contributed by atoms with Crippen LogP contribution in [0.1, 0.15) is 43.7 Å². The van der Waals surface area contributed by atoms with Crippen molar-refractivity contribution in [2.45, 2.75) is 45.6 Å². The Hall–Kier alpha value is -0.736. The molecule has 0 unspecified atom stereocenters. The van der Waals surface area contributed by atoms with Crippen LogP contribution in [0.5, 0.6) is 5.75 Å². The molecule has 0 aromatic heterocycles. The molecule has 3 nitrogen and oxygen atoms in total. The molecule has 0 atom stereocenters. The van der Waals surface area contributed by atoms with Gasteiger partial charge < -0.3 is 14.0 Å². The third-order valence-corrected chi connectivity index (χ3v) is 5.82. The van der Waals surface area contributed by atoms with Crippen LogP contribution in [0.15, 0.2) is 54.6 Å². The van der Waals surface area contributed by atoms with Gasteiger partial charge >= 0.3 is 0 Å². The number of quaternary nitrogens is 1. The Kier molecular flexibility index (Phi) is 11.5. The van der Waals surface area contributed by atoms with Crippen LogP contribution in [0.2, 0.25) is 0 Å². The minimum absolute atomic E-state index is 0. The summed E-state index contributed by atoms with van der Waals surface area (Å²) in [6, 6.07) is 19.6. The summed E-state index contributed by atoms with van der Waals surface area (Å²) in [5.74, 6) is 0.996. The first kappa shape index (κ1) is 24.5. The van der Waals surface area contributed by atoms with Gasteiger partial charge in [-0.25, -0.2) is 0 Å². The smallest absolute Gasteiger partial charge is 0.119 e. The van der Waals surface area contributed by atoms with Gasteiger partial charge in [0, 0.05) is 44.7 Å². The minimum atomic E-state index is 0. The topological polar surface area (TPSA) is 18.5 Å². The summed E-state index contributed by atoms with van der Waals surface area (Å²) in [6.07, 6.45) is 6.12. The van der Waals surface area contributed by atoms with Crippen molar-refractivity contribution in [3.63, 3.8) is 0 Å². The van der Waals surface area contributed by atoms with E-state index in [0.717, 1.165) is 62.7 Å². The van der Waals surface area contributed by atoms with Gasteiger partial charge in [0.1, 0.15) is 25.4 Å². The van der Waals surface area contributed by atoms with E-state index in [-0.39, 0.29) is 32.7 Å². The average molecular weight is 471 g/mol. The number of hydrogen-bond donors (Lipinski definition) is 0. The first-order valence-corrected chi connectivity index (χ1v) is 11.0. The summed E-state index contributed by atoms with van der Waals surface area (Å²) in [5, 5.41) is 0. The van der Waals surface area contributed by atoms with E-state index in [1.54, 1.807) is 0 Å². The Bertz CT molecular complexity index is 669. The molecule has 155 valence electrons. The summed E-state index contributed by atoms with van der Waals surface area (Å²) >= 11 is 0. The Labute approximate surface area is 202 Å². The summed E-state index contributed by atoms with van der Waals surface area (Å²) < 4.78 is 12.8. The van der Waals surface area contributed by atoms with Crippen LogP contribution in [-0.2, 0) is 50.4 Å². The first-order valence-electron chi connectivity index (χ1n) is 11.0. The van der Waals surface area contributed by atoms with Gasteiger partial charge in [-0.1, -0.05) is 62.2 Å². The molecule has 0 aliphatic carbocycles. The van der Waals surface area contributed by atoms with Crippen LogP contribution >= 0.6 is 0 Å². The van der Waals surface area contributed by atoms with Crippen LogP contribution < -0.4 is 4.74 Å². The number of benzene rings is 2. The second-order valence-electron chi connectivity index (χ2n) is 8.07. The van der Waals surface area contributed by atoms with Gasteiger partial charge in [0.05, 0.1) is 26.4 Å². The van der Waals surface area contributed by atoms with Gasteiger partial charge in [-0.15, -0.1) is 0 Å². The van der Waals surface area contributed by atoms with E-state index in [4.69, 9.17) is 9.47 Å². The number of rotatable bonds is 11. The van der Waals surface area contributed by atoms with Gasteiger partial charge in [0.2, 0.25) is 0 Å². The molecule has 1 heterocycles. The zero-order chi connectivity index (χ0) is 19.5. The molecule has 1 radical (unpaired) electrons. The van der Waals surface area contributed by atoms with Gasteiger partial charge in [-0.05, 0) is 30.5 Å². The summed E-state index contributed by atoms with van der Waals surface area (Å²) in [4.78, 5) is 0. The normalized spacial score (nSPS) is 15.5. The summed E-state index contributed by atoms with van der Waals surface area (Å²) in [5.41, 5.74) is 2.84. The van der Waals surface area contributed by atoms with Crippen LogP contribution in [0.3, 0.4) is 0 Å². The number of aryl methyl sites for hydroxylation is 1. The van der Waals surface area contributed by atoms with Gasteiger partial charge in [0.25, 0.3) is 0 Å². The van der Waals surface area contributed by atoms with E-state index in [2.05, 4.69) is 61.5 Å². The molecular formula is C25H36NO2Y+. The molecule has 3 rings (SSSR count). The van der Waals surface area contributed by atoms with Crippen molar-refractivity contribution in [1.82, 2.24) is 0 Å². The quantitative estimate of drug-likeness (QED) is 0.330. The molecule has 1 aliphatic heterocycles. The maximum Gasteiger partial charge on any atom is 0.119 e. The first-order chi connectivity index (χ1) is 13.8. The predicted molar refractivity (Wildman–Crippen MR) is 116 cm³/mol. The van der Waals surface area contributed by atoms with Crippen molar-refractivity contribution in [3.05, 3.63) is 65.7 Å². The minimum Gasteiger partial charge on any atom is -0.493 e. The van der Waals surface area contributed by atoms with Crippen LogP contribution in [-0.4, -0.2) is 43.9 Å². The molecule has 1 aliphatic rings. The molecule has 2 aromatic rings. The molecule has 29 heavy (non-hydrogen) atoms. The van der Waals surface area contributed by atoms with Crippen molar-refractivity contribution in [3.8, 4) is 5.75 Å². The molecule has 1 saturated heterocycles. The fraction of sp³-hybridized carbons (Fsp3) is 0.520. The summed E-state index contributed by atoms with van der Waals surface area (Å²) in [7, 11) is 0. The van der Waals surface area contributed by atoms with E-state index < -0.39 is 0 Å².